The van der Waals surface area contributed by atoms with Crippen LogP contribution in [0.25, 0.3) is 0 Å². The highest BCUT2D eigenvalue weighted by Crippen LogP contribution is 2.24. The van der Waals surface area contributed by atoms with Gasteiger partial charge in [-0.3, -0.25) is 4.79 Å². The quantitative estimate of drug-likeness (QED) is 0.758. The van der Waals surface area contributed by atoms with Gasteiger partial charge in [-0.25, -0.2) is 0 Å². The Hall–Kier alpha value is -1.31. The number of fused-ring (bicyclic) bond motifs is 1. The average molecular weight is 189 g/mol. The maximum atomic E-state index is 11.6. The molecule has 2 rings (SSSR count). The van der Waals surface area contributed by atoms with Gasteiger partial charge < -0.3 is 5.32 Å². The molecule has 0 fully saturated rings. The zero-order chi connectivity index (χ0) is 10.1. The normalized spacial score (nSPS) is 14.0. The van der Waals surface area contributed by atoms with E-state index in [0.717, 1.165) is 24.0 Å². The van der Waals surface area contributed by atoms with Gasteiger partial charge >= 0.3 is 0 Å². The summed E-state index contributed by atoms with van der Waals surface area (Å²) in [5.41, 5.74) is 4.64. The second-order valence-corrected chi connectivity index (χ2v) is 3.63. The van der Waals surface area contributed by atoms with Crippen LogP contribution in [0.2, 0.25) is 0 Å². The first kappa shape index (κ1) is 9.25. The van der Waals surface area contributed by atoms with Crippen molar-refractivity contribution >= 4 is 5.91 Å². The summed E-state index contributed by atoms with van der Waals surface area (Å²) in [4.78, 5) is 11.6. The Morgan fingerprint density at radius 3 is 2.71 bits per heavy atom. The Bertz CT molecular complexity index is 382. The lowest BCUT2D eigenvalue weighted by molar-refractivity contribution is 0.0965. The van der Waals surface area contributed by atoms with Crippen molar-refractivity contribution in [2.45, 2.75) is 33.2 Å². The highest BCUT2D eigenvalue weighted by atomic mass is 16.1. The molecular weight excluding hydrogens is 174 g/mol. The molecule has 0 unspecified atom stereocenters. The molecule has 1 aromatic carbocycles. The van der Waals surface area contributed by atoms with E-state index in [1.807, 2.05) is 0 Å². The van der Waals surface area contributed by atoms with Crippen molar-refractivity contribution in [3.8, 4) is 0 Å². The maximum absolute atomic E-state index is 11.6. The number of aryl methyl sites for hydroxylation is 1. The molecular formula is C12H15NO. The zero-order valence-electron chi connectivity index (χ0n) is 8.68. The highest BCUT2D eigenvalue weighted by Gasteiger charge is 2.22. The van der Waals surface area contributed by atoms with Gasteiger partial charge in [0, 0.05) is 12.1 Å². The predicted octanol–water partition coefficient (Wildman–Crippen LogP) is 2.05. The fraction of sp³-hybridized carbons (Fsp3) is 0.417. The first-order valence-corrected chi connectivity index (χ1v) is 5.19. The third kappa shape index (κ3) is 1.22. The second kappa shape index (κ2) is 3.45. The molecule has 1 aliphatic heterocycles. The van der Waals surface area contributed by atoms with Crippen LogP contribution in [0.4, 0.5) is 0 Å². The molecule has 0 spiro atoms. The van der Waals surface area contributed by atoms with E-state index in [4.69, 9.17) is 0 Å². The van der Waals surface area contributed by atoms with Crippen molar-refractivity contribution in [1.29, 1.82) is 0 Å². The van der Waals surface area contributed by atoms with Crippen LogP contribution >= 0.6 is 0 Å². The summed E-state index contributed by atoms with van der Waals surface area (Å²) < 4.78 is 0. The number of carbonyl (C=O) groups is 1. The van der Waals surface area contributed by atoms with Crippen molar-refractivity contribution < 1.29 is 4.79 Å². The van der Waals surface area contributed by atoms with E-state index in [-0.39, 0.29) is 5.91 Å². The first-order chi connectivity index (χ1) is 6.77. The third-order valence-electron chi connectivity index (χ3n) is 2.90. The molecule has 14 heavy (non-hydrogen) atoms. The van der Waals surface area contributed by atoms with E-state index in [0.29, 0.717) is 6.54 Å². The summed E-state index contributed by atoms with van der Waals surface area (Å²) in [6.07, 6.45) is 1.95. The van der Waals surface area contributed by atoms with Gasteiger partial charge in [0.2, 0.25) is 0 Å². The molecule has 0 atom stereocenters. The van der Waals surface area contributed by atoms with Gasteiger partial charge in [0.05, 0.1) is 0 Å². The molecule has 0 bridgehead atoms. The number of carbonyl (C=O) groups excluding carboxylic acids is 1. The molecule has 0 radical (unpaired) electrons. The SMILES string of the molecule is CCc1ccc2c(c1CC)C(=O)NC2. The molecule has 1 aliphatic rings. The van der Waals surface area contributed by atoms with Crippen molar-refractivity contribution in [2.75, 3.05) is 0 Å². The molecule has 0 aliphatic carbocycles. The zero-order valence-corrected chi connectivity index (χ0v) is 8.68. The fourth-order valence-corrected chi connectivity index (χ4v) is 2.17. The van der Waals surface area contributed by atoms with Crippen LogP contribution in [0.15, 0.2) is 12.1 Å². The van der Waals surface area contributed by atoms with E-state index in [9.17, 15) is 4.79 Å². The monoisotopic (exact) mass is 189 g/mol. The summed E-state index contributed by atoms with van der Waals surface area (Å²) in [5, 5.41) is 2.87. The van der Waals surface area contributed by atoms with E-state index >= 15 is 0 Å². The van der Waals surface area contributed by atoms with Crippen LogP contribution in [-0.4, -0.2) is 5.91 Å². The van der Waals surface area contributed by atoms with Crippen LogP contribution < -0.4 is 5.32 Å². The smallest absolute Gasteiger partial charge is 0.252 e. The standard InChI is InChI=1S/C12H15NO/c1-3-8-5-6-9-7-13-12(14)11(9)10(8)4-2/h5-6H,3-4,7H2,1-2H3,(H,13,14). The maximum Gasteiger partial charge on any atom is 0.252 e. The molecule has 0 aromatic heterocycles. The van der Waals surface area contributed by atoms with Crippen molar-refractivity contribution in [3.63, 3.8) is 0 Å². The first-order valence-electron chi connectivity index (χ1n) is 5.19. The summed E-state index contributed by atoms with van der Waals surface area (Å²) >= 11 is 0. The van der Waals surface area contributed by atoms with Gasteiger partial charge in [-0.05, 0) is 29.5 Å². The van der Waals surface area contributed by atoms with Crippen molar-refractivity contribution in [2.24, 2.45) is 0 Å². The highest BCUT2D eigenvalue weighted by molar-refractivity contribution is 6.00. The average Bonchev–Trinajstić information content (AvgIpc) is 2.59. The minimum Gasteiger partial charge on any atom is -0.348 e. The van der Waals surface area contributed by atoms with Gasteiger partial charge in [0.25, 0.3) is 5.91 Å². The molecule has 0 saturated carbocycles. The number of nitrogens with one attached hydrogen (secondary N) is 1. The number of benzene rings is 1. The van der Waals surface area contributed by atoms with Gasteiger partial charge in [0.15, 0.2) is 0 Å². The molecule has 0 saturated heterocycles. The number of hydrogen-bond acceptors (Lipinski definition) is 1. The largest absolute Gasteiger partial charge is 0.348 e. The molecule has 1 heterocycles. The Kier molecular flexibility index (Phi) is 2.28. The Labute approximate surface area is 84.3 Å². The summed E-state index contributed by atoms with van der Waals surface area (Å²) in [5.74, 6) is 0.104. The van der Waals surface area contributed by atoms with Crippen molar-refractivity contribution in [1.82, 2.24) is 5.32 Å². The molecule has 1 amide bonds. The lowest BCUT2D eigenvalue weighted by Crippen LogP contribution is -2.14. The van der Waals surface area contributed by atoms with Crippen LogP contribution in [0.3, 0.4) is 0 Å². The molecule has 1 N–H and O–H groups in total. The van der Waals surface area contributed by atoms with Gasteiger partial charge in [-0.2, -0.15) is 0 Å². The Morgan fingerprint density at radius 2 is 2.07 bits per heavy atom. The lowest BCUT2D eigenvalue weighted by atomic mass is 9.94. The molecule has 74 valence electrons. The molecule has 2 heteroatoms. The van der Waals surface area contributed by atoms with Gasteiger partial charge in [0.1, 0.15) is 0 Å². The van der Waals surface area contributed by atoms with Crippen LogP contribution in [0.1, 0.15) is 40.9 Å². The summed E-state index contributed by atoms with van der Waals surface area (Å²) in [7, 11) is 0. The van der Waals surface area contributed by atoms with Crippen LogP contribution in [-0.2, 0) is 19.4 Å². The Balaban J connectivity index is 2.63. The molecule has 1 aromatic rings. The third-order valence-corrected chi connectivity index (χ3v) is 2.90. The number of hydrogen-bond donors (Lipinski definition) is 1. The second-order valence-electron chi connectivity index (χ2n) is 3.63. The van der Waals surface area contributed by atoms with E-state index in [1.165, 1.54) is 11.1 Å². The van der Waals surface area contributed by atoms with E-state index < -0.39 is 0 Å². The van der Waals surface area contributed by atoms with Crippen LogP contribution in [0, 0.1) is 0 Å². The van der Waals surface area contributed by atoms with Gasteiger partial charge in [-0.15, -0.1) is 0 Å². The topological polar surface area (TPSA) is 29.1 Å². The van der Waals surface area contributed by atoms with Crippen molar-refractivity contribution in [3.05, 3.63) is 34.4 Å². The Morgan fingerprint density at radius 1 is 1.29 bits per heavy atom. The minimum absolute atomic E-state index is 0.104. The van der Waals surface area contributed by atoms with Gasteiger partial charge in [-0.1, -0.05) is 26.0 Å². The van der Waals surface area contributed by atoms with E-state index in [1.54, 1.807) is 0 Å². The lowest BCUT2D eigenvalue weighted by Gasteiger charge is -2.09. The predicted molar refractivity (Wildman–Crippen MR) is 56.4 cm³/mol. The summed E-state index contributed by atoms with van der Waals surface area (Å²) in [6.45, 7) is 4.94. The van der Waals surface area contributed by atoms with Crippen LogP contribution in [0.5, 0.6) is 0 Å². The molecule has 2 nitrogen and oxygen atoms in total. The fourth-order valence-electron chi connectivity index (χ4n) is 2.17. The number of amides is 1. The minimum atomic E-state index is 0.104. The number of rotatable bonds is 2. The summed E-state index contributed by atoms with van der Waals surface area (Å²) in [6, 6.07) is 4.23. The van der Waals surface area contributed by atoms with E-state index in [2.05, 4.69) is 31.3 Å².